The number of halogens is 1. The third kappa shape index (κ3) is 4.55. The minimum Gasteiger partial charge on any atom is -0.493 e. The number of rotatable bonds is 7. The lowest BCUT2D eigenvalue weighted by Gasteiger charge is -2.22. The molecule has 0 radical (unpaired) electrons. The van der Waals surface area contributed by atoms with Gasteiger partial charge in [0, 0.05) is 23.9 Å². The van der Waals surface area contributed by atoms with E-state index in [2.05, 4.69) is 9.97 Å². The molecule has 0 atom stereocenters. The molecule has 2 aliphatic rings. The van der Waals surface area contributed by atoms with E-state index in [-0.39, 0.29) is 5.78 Å². The molecule has 172 valence electrons. The molecule has 8 heteroatoms. The van der Waals surface area contributed by atoms with Crippen molar-refractivity contribution in [3.63, 3.8) is 0 Å². The molecule has 1 fully saturated rings. The zero-order chi connectivity index (χ0) is 22.8. The number of benzene rings is 2. The molecule has 1 saturated carbocycles. The quantitative estimate of drug-likeness (QED) is 0.450. The van der Waals surface area contributed by atoms with E-state index in [1.165, 1.54) is 19.2 Å². The number of methoxy groups -OCH3 is 1. The number of hydrogen-bond acceptors (Lipinski definition) is 7. The van der Waals surface area contributed by atoms with Gasteiger partial charge < -0.3 is 18.9 Å². The summed E-state index contributed by atoms with van der Waals surface area (Å²) in [5, 5.41) is 1.09. The molecule has 0 spiro atoms. The van der Waals surface area contributed by atoms with Crippen LogP contribution >= 0.6 is 11.6 Å². The van der Waals surface area contributed by atoms with Crippen LogP contribution in [0.1, 0.15) is 37.7 Å². The van der Waals surface area contributed by atoms with Crippen molar-refractivity contribution in [2.24, 2.45) is 5.92 Å². The topological polar surface area (TPSA) is 79.8 Å². The second kappa shape index (κ2) is 9.43. The maximum Gasteiger partial charge on any atom is 0.234 e. The first-order chi connectivity index (χ1) is 16.1. The minimum atomic E-state index is 0.233. The van der Waals surface area contributed by atoms with Gasteiger partial charge in [-0.1, -0.05) is 43.4 Å². The molecule has 0 amide bonds. The van der Waals surface area contributed by atoms with Crippen LogP contribution in [0, 0.1) is 5.92 Å². The van der Waals surface area contributed by atoms with Gasteiger partial charge in [-0.15, -0.1) is 0 Å². The van der Waals surface area contributed by atoms with Crippen LogP contribution in [0.15, 0.2) is 30.6 Å². The zero-order valence-corrected chi connectivity index (χ0v) is 19.2. The Hall–Kier alpha value is -3.06. The van der Waals surface area contributed by atoms with Crippen molar-refractivity contribution in [3.8, 4) is 28.9 Å². The molecule has 0 bridgehead atoms. The van der Waals surface area contributed by atoms with Gasteiger partial charge in [0.15, 0.2) is 11.5 Å². The largest absolute Gasteiger partial charge is 0.493 e. The summed E-state index contributed by atoms with van der Waals surface area (Å²) < 4.78 is 23.1. The fourth-order valence-corrected chi connectivity index (χ4v) is 4.82. The molecule has 0 N–H and O–H groups in total. The summed E-state index contributed by atoms with van der Waals surface area (Å²) in [4.78, 5) is 21.1. The van der Waals surface area contributed by atoms with Crippen molar-refractivity contribution in [3.05, 3.63) is 41.2 Å². The average molecular weight is 469 g/mol. The van der Waals surface area contributed by atoms with E-state index in [0.29, 0.717) is 76.8 Å². The van der Waals surface area contributed by atoms with Crippen molar-refractivity contribution in [2.75, 3.05) is 20.3 Å². The molecular formula is C25H25ClN2O5. The standard InChI is InChI=1S/C25H25ClN2O5/c1-30-21-13-20-22(24-23(21)31-8-9-32-24)25(28-14-27-20)33-18-7-6-16(19(26)12-18)11-17(29)10-15-4-2-3-5-15/h6-7,12-15H,2-5,8-11H2,1H3. The first-order valence-corrected chi connectivity index (χ1v) is 11.6. The number of carbonyl (C=O) groups is 1. The van der Waals surface area contributed by atoms with Gasteiger partial charge in [-0.05, 0) is 23.6 Å². The second-order valence-corrected chi connectivity index (χ2v) is 8.84. The molecule has 0 unspecified atom stereocenters. The Kier molecular flexibility index (Phi) is 6.22. The van der Waals surface area contributed by atoms with Gasteiger partial charge >= 0.3 is 0 Å². The molecule has 1 aromatic heterocycles. The van der Waals surface area contributed by atoms with Crippen LogP contribution in [0.5, 0.6) is 28.9 Å². The summed E-state index contributed by atoms with van der Waals surface area (Å²) in [5.41, 5.74) is 1.42. The van der Waals surface area contributed by atoms with Gasteiger partial charge in [-0.25, -0.2) is 9.97 Å². The zero-order valence-electron chi connectivity index (χ0n) is 18.4. The fraction of sp³-hybridized carbons (Fsp3) is 0.400. The number of aromatic nitrogens is 2. The van der Waals surface area contributed by atoms with E-state index >= 15 is 0 Å². The van der Waals surface area contributed by atoms with Crippen molar-refractivity contribution < 1.29 is 23.7 Å². The van der Waals surface area contributed by atoms with Gasteiger partial charge in [-0.2, -0.15) is 0 Å². The smallest absolute Gasteiger partial charge is 0.234 e. The normalized spacial score (nSPS) is 15.6. The SMILES string of the molecule is COc1cc2ncnc(Oc3ccc(CC(=O)CC4CCCC4)c(Cl)c3)c2c2c1OCCO2. The molecule has 3 aromatic rings. The van der Waals surface area contributed by atoms with Gasteiger partial charge in [0.25, 0.3) is 0 Å². The number of Topliss-reactive ketones (excluding diaryl/α,β-unsaturated/α-hetero) is 1. The Morgan fingerprint density at radius 1 is 1.12 bits per heavy atom. The first kappa shape index (κ1) is 21.8. The molecule has 1 aliphatic carbocycles. The van der Waals surface area contributed by atoms with E-state index < -0.39 is 0 Å². The number of hydrogen-bond donors (Lipinski definition) is 0. The van der Waals surface area contributed by atoms with Gasteiger partial charge in [0.2, 0.25) is 11.6 Å². The Morgan fingerprint density at radius 3 is 2.67 bits per heavy atom. The lowest BCUT2D eigenvalue weighted by atomic mass is 9.97. The lowest BCUT2D eigenvalue weighted by Crippen LogP contribution is -2.16. The average Bonchev–Trinajstić information content (AvgIpc) is 3.33. The lowest BCUT2D eigenvalue weighted by molar-refractivity contribution is -0.119. The molecule has 2 aromatic carbocycles. The van der Waals surface area contributed by atoms with Crippen LogP contribution in [-0.2, 0) is 11.2 Å². The van der Waals surface area contributed by atoms with Crippen LogP contribution in [0.4, 0.5) is 0 Å². The number of nitrogens with zero attached hydrogens (tertiary/aromatic N) is 2. The highest BCUT2D eigenvalue weighted by Crippen LogP contribution is 2.47. The van der Waals surface area contributed by atoms with Crippen molar-refractivity contribution >= 4 is 28.3 Å². The summed E-state index contributed by atoms with van der Waals surface area (Å²) in [7, 11) is 1.57. The predicted octanol–water partition coefficient (Wildman–Crippen LogP) is 5.55. The third-order valence-corrected chi connectivity index (χ3v) is 6.53. The van der Waals surface area contributed by atoms with Crippen LogP contribution in [0.2, 0.25) is 5.02 Å². The number of fused-ring (bicyclic) bond motifs is 3. The van der Waals surface area contributed by atoms with E-state index in [0.717, 1.165) is 18.4 Å². The van der Waals surface area contributed by atoms with Crippen LogP contribution in [-0.4, -0.2) is 36.1 Å². The Balaban J connectivity index is 1.39. The molecule has 1 aliphatic heterocycles. The number of carbonyl (C=O) groups excluding carboxylic acids is 1. The molecule has 2 heterocycles. The number of ether oxygens (including phenoxy) is 4. The highest BCUT2D eigenvalue weighted by molar-refractivity contribution is 6.31. The second-order valence-electron chi connectivity index (χ2n) is 8.43. The van der Waals surface area contributed by atoms with Gasteiger partial charge in [0.05, 0.1) is 12.6 Å². The summed E-state index contributed by atoms with van der Waals surface area (Å²) in [5.74, 6) is 3.13. The maximum absolute atomic E-state index is 12.5. The summed E-state index contributed by atoms with van der Waals surface area (Å²) in [6.45, 7) is 0.828. The molecule has 7 nitrogen and oxygen atoms in total. The van der Waals surface area contributed by atoms with E-state index in [1.54, 1.807) is 25.3 Å². The van der Waals surface area contributed by atoms with Crippen LogP contribution < -0.4 is 18.9 Å². The third-order valence-electron chi connectivity index (χ3n) is 6.18. The predicted molar refractivity (Wildman–Crippen MR) is 124 cm³/mol. The van der Waals surface area contributed by atoms with Crippen LogP contribution in [0.3, 0.4) is 0 Å². The van der Waals surface area contributed by atoms with E-state index in [1.807, 2.05) is 6.07 Å². The monoisotopic (exact) mass is 468 g/mol. The highest BCUT2D eigenvalue weighted by atomic mass is 35.5. The first-order valence-electron chi connectivity index (χ1n) is 11.2. The van der Waals surface area contributed by atoms with Crippen molar-refractivity contribution in [1.82, 2.24) is 9.97 Å². The molecular weight excluding hydrogens is 444 g/mol. The van der Waals surface area contributed by atoms with Crippen LogP contribution in [0.25, 0.3) is 10.9 Å². The molecule has 33 heavy (non-hydrogen) atoms. The Labute approximate surface area is 197 Å². The molecule has 5 rings (SSSR count). The summed E-state index contributed by atoms with van der Waals surface area (Å²) in [6, 6.07) is 7.11. The molecule has 0 saturated heterocycles. The Bertz CT molecular complexity index is 1190. The Morgan fingerprint density at radius 2 is 1.91 bits per heavy atom. The summed E-state index contributed by atoms with van der Waals surface area (Å²) in [6.07, 6.45) is 7.17. The fourth-order valence-electron chi connectivity index (χ4n) is 4.58. The van der Waals surface area contributed by atoms with Crippen molar-refractivity contribution in [1.29, 1.82) is 0 Å². The minimum absolute atomic E-state index is 0.233. The van der Waals surface area contributed by atoms with E-state index in [9.17, 15) is 4.79 Å². The maximum atomic E-state index is 12.5. The number of ketones is 1. The summed E-state index contributed by atoms with van der Waals surface area (Å²) >= 11 is 6.50. The highest BCUT2D eigenvalue weighted by Gasteiger charge is 2.25. The van der Waals surface area contributed by atoms with E-state index in [4.69, 9.17) is 30.5 Å². The van der Waals surface area contributed by atoms with Gasteiger partial charge in [-0.3, -0.25) is 4.79 Å². The van der Waals surface area contributed by atoms with Gasteiger partial charge in [0.1, 0.15) is 36.5 Å². The van der Waals surface area contributed by atoms with Crippen molar-refractivity contribution in [2.45, 2.75) is 38.5 Å².